The molecule has 0 amide bonds. The highest BCUT2D eigenvalue weighted by Gasteiger charge is 2.22. The minimum Gasteiger partial charge on any atom is -0.493 e. The van der Waals surface area contributed by atoms with Crippen LogP contribution in [0.15, 0.2) is 115 Å². The van der Waals surface area contributed by atoms with Crippen molar-refractivity contribution in [3.63, 3.8) is 0 Å². The molecule has 6 rings (SSSR count). The fraction of sp³-hybridized carbons (Fsp3) is 0.222. The van der Waals surface area contributed by atoms with Gasteiger partial charge >= 0.3 is 35.8 Å². The van der Waals surface area contributed by atoms with Crippen LogP contribution in [0, 0.1) is 34.6 Å². The topological polar surface area (TPSA) is 176 Å². The van der Waals surface area contributed by atoms with Gasteiger partial charge in [0, 0.05) is 20.0 Å². The Morgan fingerprint density at radius 3 is 1.34 bits per heavy atom. The number of esters is 6. The molecule has 350 valence electrons. The highest BCUT2D eigenvalue weighted by atomic mass is 16.6. The predicted molar refractivity (Wildman–Crippen MR) is 250 cm³/mol. The van der Waals surface area contributed by atoms with Crippen molar-refractivity contribution in [3.05, 3.63) is 171 Å². The Balaban J connectivity index is 1.01. The van der Waals surface area contributed by atoms with Crippen molar-refractivity contribution in [2.45, 2.75) is 67.9 Å². The Hall–Kier alpha value is -8.10. The molecule has 14 nitrogen and oxygen atoms in total. The van der Waals surface area contributed by atoms with Crippen molar-refractivity contribution < 1.29 is 66.7 Å². The highest BCUT2D eigenvalue weighted by Crippen LogP contribution is 2.35. The van der Waals surface area contributed by atoms with Gasteiger partial charge in [0.05, 0.1) is 40.5 Å². The molecule has 6 aromatic carbocycles. The van der Waals surface area contributed by atoms with E-state index in [1.807, 2.05) is 13.8 Å². The molecule has 0 saturated carbocycles. The lowest BCUT2D eigenvalue weighted by Gasteiger charge is -2.17. The molecule has 0 aliphatic heterocycles. The maximum atomic E-state index is 13.5. The van der Waals surface area contributed by atoms with E-state index in [9.17, 15) is 28.8 Å². The van der Waals surface area contributed by atoms with Gasteiger partial charge in [-0.15, -0.1) is 0 Å². The van der Waals surface area contributed by atoms with Gasteiger partial charge in [0.25, 0.3) is 0 Å². The first-order valence-corrected chi connectivity index (χ1v) is 21.7. The van der Waals surface area contributed by atoms with E-state index in [4.69, 9.17) is 37.9 Å². The fourth-order valence-electron chi connectivity index (χ4n) is 6.82. The van der Waals surface area contributed by atoms with Crippen molar-refractivity contribution in [2.75, 3.05) is 13.2 Å². The molecule has 1 atom stereocenters. The van der Waals surface area contributed by atoms with E-state index >= 15 is 0 Å². The molecule has 6 aromatic rings. The number of rotatable bonds is 17. The summed E-state index contributed by atoms with van der Waals surface area (Å²) in [5.41, 5.74) is 3.90. The molecule has 0 radical (unpaired) electrons. The average Bonchev–Trinajstić information content (AvgIpc) is 3.30. The van der Waals surface area contributed by atoms with Crippen LogP contribution < -0.4 is 33.2 Å². The van der Waals surface area contributed by atoms with Crippen LogP contribution in [0.25, 0.3) is 0 Å². The molecule has 0 spiro atoms. The molecule has 0 aliphatic carbocycles. The van der Waals surface area contributed by atoms with Gasteiger partial charge in [0.2, 0.25) is 0 Å². The van der Waals surface area contributed by atoms with Gasteiger partial charge in [0.1, 0.15) is 40.2 Å². The van der Waals surface area contributed by atoms with Crippen LogP contribution in [0.3, 0.4) is 0 Å². The van der Waals surface area contributed by atoms with Crippen LogP contribution in [0.4, 0.5) is 0 Å². The molecule has 0 heterocycles. The summed E-state index contributed by atoms with van der Waals surface area (Å²) in [5, 5.41) is 0. The first-order valence-electron chi connectivity index (χ1n) is 21.7. The summed E-state index contributed by atoms with van der Waals surface area (Å²) in [5.74, 6) is -1.55. The monoisotopic (exact) mass is 922 g/mol. The van der Waals surface area contributed by atoms with E-state index in [1.54, 1.807) is 77.1 Å². The smallest absolute Gasteiger partial charge is 0.343 e. The molecule has 1 unspecified atom stereocenters. The molecule has 0 saturated heterocycles. The van der Waals surface area contributed by atoms with Gasteiger partial charge in [-0.25, -0.2) is 24.0 Å². The fourth-order valence-corrected chi connectivity index (χ4v) is 6.82. The number of aryl methyl sites for hydroxylation is 3. The maximum Gasteiger partial charge on any atom is 0.343 e. The molecular weight excluding hydrogens is 873 g/mol. The third-order valence-corrected chi connectivity index (χ3v) is 10.6. The van der Waals surface area contributed by atoms with Crippen LogP contribution >= 0.6 is 0 Å². The SMILES string of the molecule is CCOC(C)CCOc1ccc(C(=O)Oc2ccc(C(=O)Oc3ccc(C(=O)Oc4cc(C)c(OC(=O)c5ccc(OC(=O)c6ccc(OC(C)=O)cc6)cc5C)c(C)c4C)c(C)c3)cc2)cc1. The standard InChI is InChI=1S/C54H50O14/c1-9-61-34(5)26-27-62-41-16-10-38(11-17-41)50(56)64-43-20-14-40(15-21-43)52(58)65-44-22-24-46(31(2)28-44)53(59)67-48-30-33(4)49(36(7)35(48)6)68-54(60)47-25-23-45(29-32(47)3)66-51(57)39-12-18-42(19-13-39)63-37(8)55/h10-25,28-30,34H,9,26-27H2,1-8H3. The van der Waals surface area contributed by atoms with Crippen LogP contribution in [-0.4, -0.2) is 55.1 Å². The summed E-state index contributed by atoms with van der Waals surface area (Å²) in [4.78, 5) is 76.6. The number of hydrogen-bond donors (Lipinski definition) is 0. The van der Waals surface area contributed by atoms with E-state index in [0.717, 1.165) is 6.42 Å². The summed E-state index contributed by atoms with van der Waals surface area (Å²) >= 11 is 0. The summed E-state index contributed by atoms with van der Waals surface area (Å²) in [7, 11) is 0. The van der Waals surface area contributed by atoms with E-state index < -0.39 is 35.8 Å². The van der Waals surface area contributed by atoms with Gasteiger partial charge in [-0.3, -0.25) is 4.79 Å². The van der Waals surface area contributed by atoms with Gasteiger partial charge in [-0.2, -0.15) is 0 Å². The summed E-state index contributed by atoms with van der Waals surface area (Å²) in [6, 6.07) is 29.1. The van der Waals surface area contributed by atoms with E-state index in [0.29, 0.717) is 63.8 Å². The van der Waals surface area contributed by atoms with Gasteiger partial charge in [-0.1, -0.05) is 0 Å². The lowest BCUT2D eigenvalue weighted by molar-refractivity contribution is -0.131. The van der Waals surface area contributed by atoms with Crippen molar-refractivity contribution >= 4 is 35.8 Å². The van der Waals surface area contributed by atoms with E-state index in [1.165, 1.54) is 79.7 Å². The zero-order chi connectivity index (χ0) is 49.1. The second-order valence-corrected chi connectivity index (χ2v) is 15.7. The number of carbonyl (C=O) groups is 6. The molecule has 0 aliphatic rings. The summed E-state index contributed by atoms with van der Waals surface area (Å²) in [6.45, 7) is 14.9. The molecule has 0 aromatic heterocycles. The van der Waals surface area contributed by atoms with Crippen molar-refractivity contribution in [2.24, 2.45) is 0 Å². The van der Waals surface area contributed by atoms with Gasteiger partial charge in [0.15, 0.2) is 0 Å². The van der Waals surface area contributed by atoms with E-state index in [2.05, 4.69) is 0 Å². The Labute approximate surface area is 393 Å². The minimum absolute atomic E-state index is 0.0870. The van der Waals surface area contributed by atoms with Gasteiger partial charge in [-0.05, 0) is 192 Å². The molecule has 68 heavy (non-hydrogen) atoms. The Bertz CT molecular complexity index is 2840. The van der Waals surface area contributed by atoms with E-state index in [-0.39, 0.29) is 51.4 Å². The zero-order valence-corrected chi connectivity index (χ0v) is 38.9. The molecule has 0 bridgehead atoms. The number of benzene rings is 6. The largest absolute Gasteiger partial charge is 0.493 e. The number of hydrogen-bond acceptors (Lipinski definition) is 14. The summed E-state index contributed by atoms with van der Waals surface area (Å²) in [6.07, 6.45) is 0.822. The Morgan fingerprint density at radius 1 is 0.456 bits per heavy atom. The highest BCUT2D eigenvalue weighted by molar-refractivity contribution is 5.96. The molecule has 14 heteroatoms. The summed E-state index contributed by atoms with van der Waals surface area (Å²) < 4.78 is 44.5. The molecular formula is C54H50O14. The molecule has 0 fully saturated rings. The number of carbonyl (C=O) groups excluding carboxylic acids is 6. The lowest BCUT2D eigenvalue weighted by atomic mass is 10.0. The second-order valence-electron chi connectivity index (χ2n) is 15.7. The first-order chi connectivity index (χ1) is 32.5. The quantitative estimate of drug-likeness (QED) is 0.0624. The maximum absolute atomic E-state index is 13.5. The average molecular weight is 923 g/mol. The van der Waals surface area contributed by atoms with Crippen LogP contribution in [0.5, 0.6) is 40.2 Å². The third kappa shape index (κ3) is 12.8. The van der Waals surface area contributed by atoms with Crippen molar-refractivity contribution in [1.29, 1.82) is 0 Å². The third-order valence-electron chi connectivity index (χ3n) is 10.6. The Kier molecular flexibility index (Phi) is 16.2. The van der Waals surface area contributed by atoms with Crippen LogP contribution in [0.2, 0.25) is 0 Å². The van der Waals surface area contributed by atoms with Crippen LogP contribution in [0.1, 0.15) is 107 Å². The normalized spacial score (nSPS) is 11.2. The molecule has 0 N–H and O–H groups in total. The number of ether oxygens (including phenoxy) is 8. The second kappa shape index (κ2) is 22.4. The van der Waals surface area contributed by atoms with Crippen molar-refractivity contribution in [3.8, 4) is 40.2 Å². The Morgan fingerprint density at radius 2 is 0.882 bits per heavy atom. The zero-order valence-electron chi connectivity index (χ0n) is 38.9. The van der Waals surface area contributed by atoms with Crippen LogP contribution in [-0.2, 0) is 9.53 Å². The van der Waals surface area contributed by atoms with Crippen molar-refractivity contribution in [1.82, 2.24) is 0 Å². The minimum atomic E-state index is -0.665. The predicted octanol–water partition coefficient (Wildman–Crippen LogP) is 10.4. The first kappa shape index (κ1) is 49.3. The van der Waals surface area contributed by atoms with Gasteiger partial charge < -0.3 is 37.9 Å². The lowest BCUT2D eigenvalue weighted by Crippen LogP contribution is -2.15.